The zero-order valence-corrected chi connectivity index (χ0v) is 16.5. The molecule has 0 radical (unpaired) electrons. The zero-order chi connectivity index (χ0) is 18.7. The molecule has 3 fully saturated rings. The van der Waals surface area contributed by atoms with Crippen LogP contribution < -0.4 is 5.32 Å². The summed E-state index contributed by atoms with van der Waals surface area (Å²) in [6.45, 7) is 6.03. The molecule has 1 aromatic rings. The summed E-state index contributed by atoms with van der Waals surface area (Å²) >= 11 is 0. The Kier molecular flexibility index (Phi) is 5.81. The lowest BCUT2D eigenvalue weighted by Crippen LogP contribution is -2.45. The van der Waals surface area contributed by atoms with Crippen molar-refractivity contribution >= 4 is 5.97 Å². The van der Waals surface area contributed by atoms with Crippen molar-refractivity contribution in [2.24, 2.45) is 5.41 Å². The second-order valence-corrected chi connectivity index (χ2v) is 8.69. The van der Waals surface area contributed by atoms with Gasteiger partial charge in [0, 0.05) is 25.6 Å². The predicted octanol–water partition coefficient (Wildman–Crippen LogP) is 2.27. The van der Waals surface area contributed by atoms with E-state index in [2.05, 4.69) is 52.5 Å². The van der Waals surface area contributed by atoms with Crippen molar-refractivity contribution < 1.29 is 9.53 Å². The molecule has 0 amide bonds. The zero-order valence-electron chi connectivity index (χ0n) is 16.5. The van der Waals surface area contributed by atoms with Gasteiger partial charge in [0.25, 0.3) is 0 Å². The van der Waals surface area contributed by atoms with E-state index in [-0.39, 0.29) is 17.5 Å². The third-order valence-corrected chi connectivity index (χ3v) is 6.80. The van der Waals surface area contributed by atoms with Crippen LogP contribution >= 0.6 is 0 Å². The maximum absolute atomic E-state index is 12.4. The lowest BCUT2D eigenvalue weighted by molar-refractivity contribution is -0.150. The highest BCUT2D eigenvalue weighted by Gasteiger charge is 2.49. The normalized spacial score (nSPS) is 26.6. The number of benzene rings is 1. The van der Waals surface area contributed by atoms with Crippen LogP contribution in [0.3, 0.4) is 0 Å². The van der Waals surface area contributed by atoms with E-state index in [9.17, 15) is 4.79 Å². The first kappa shape index (κ1) is 18.9. The van der Waals surface area contributed by atoms with Crippen LogP contribution in [0.5, 0.6) is 0 Å². The molecule has 0 bridgehead atoms. The van der Waals surface area contributed by atoms with Crippen molar-refractivity contribution in [2.45, 2.75) is 50.8 Å². The van der Waals surface area contributed by atoms with Crippen molar-refractivity contribution in [3.63, 3.8) is 0 Å². The largest absolute Gasteiger partial charge is 0.461 e. The van der Waals surface area contributed by atoms with Gasteiger partial charge in [-0.25, -0.2) is 0 Å². The number of nitrogens with zero attached hydrogens (tertiary/aromatic N) is 2. The maximum atomic E-state index is 12.4. The summed E-state index contributed by atoms with van der Waals surface area (Å²) < 4.78 is 5.79. The standard InChI is InChI=1S/C22H33N3O2/c1-24(16-18-5-3-2-4-6-18)19-7-13-25(14-8-19)17-20-15-22(21(26)27-20)9-11-23-12-10-22/h2-6,19-20,23H,7-17H2,1H3. The Bertz CT molecular complexity index is 622. The number of cyclic esters (lactones) is 1. The minimum Gasteiger partial charge on any atom is -0.461 e. The van der Waals surface area contributed by atoms with E-state index >= 15 is 0 Å². The number of piperidine rings is 2. The monoisotopic (exact) mass is 371 g/mol. The molecule has 1 N–H and O–H groups in total. The Morgan fingerprint density at radius 1 is 1.19 bits per heavy atom. The van der Waals surface area contributed by atoms with Crippen LogP contribution in [0.2, 0.25) is 0 Å². The molecule has 1 atom stereocenters. The fraction of sp³-hybridized carbons (Fsp3) is 0.682. The first-order valence-corrected chi connectivity index (χ1v) is 10.5. The molecule has 4 rings (SSSR count). The lowest BCUT2D eigenvalue weighted by atomic mass is 9.76. The SMILES string of the molecule is CN(Cc1ccccc1)C1CCN(CC2CC3(CCNCC3)C(=O)O2)CC1. The number of hydrogen-bond donors (Lipinski definition) is 1. The van der Waals surface area contributed by atoms with Gasteiger partial charge in [-0.15, -0.1) is 0 Å². The molecule has 5 nitrogen and oxygen atoms in total. The van der Waals surface area contributed by atoms with E-state index in [1.165, 1.54) is 18.4 Å². The third-order valence-electron chi connectivity index (χ3n) is 6.80. The number of ether oxygens (including phenoxy) is 1. The molecule has 3 saturated heterocycles. The molecule has 3 aliphatic rings. The van der Waals surface area contributed by atoms with Gasteiger partial charge in [0.15, 0.2) is 0 Å². The Labute approximate surface area is 163 Å². The van der Waals surface area contributed by atoms with E-state index in [0.29, 0.717) is 6.04 Å². The number of carbonyl (C=O) groups excluding carboxylic acids is 1. The summed E-state index contributed by atoms with van der Waals surface area (Å²) in [4.78, 5) is 17.4. The fourth-order valence-electron chi connectivity index (χ4n) is 5.08. The minimum atomic E-state index is -0.190. The topological polar surface area (TPSA) is 44.8 Å². The van der Waals surface area contributed by atoms with Crippen molar-refractivity contribution in [2.75, 3.05) is 39.8 Å². The Hall–Kier alpha value is -1.43. The van der Waals surface area contributed by atoms with Crippen molar-refractivity contribution in [1.82, 2.24) is 15.1 Å². The summed E-state index contributed by atoms with van der Waals surface area (Å²) in [5.74, 6) is 0.0616. The molecule has 0 aromatic heterocycles. The summed E-state index contributed by atoms with van der Waals surface area (Å²) in [5, 5.41) is 3.36. The summed E-state index contributed by atoms with van der Waals surface area (Å²) in [7, 11) is 2.24. The molecule has 3 heterocycles. The Morgan fingerprint density at radius 2 is 1.89 bits per heavy atom. The van der Waals surface area contributed by atoms with Gasteiger partial charge in [-0.2, -0.15) is 0 Å². The fourth-order valence-corrected chi connectivity index (χ4v) is 5.08. The van der Waals surface area contributed by atoms with Gasteiger partial charge in [0.2, 0.25) is 0 Å². The van der Waals surface area contributed by atoms with Crippen LogP contribution in [0.1, 0.15) is 37.7 Å². The number of likely N-dealkylation sites (tertiary alicyclic amines) is 1. The van der Waals surface area contributed by atoms with E-state index in [1.54, 1.807) is 0 Å². The molecular weight excluding hydrogens is 338 g/mol. The second kappa shape index (κ2) is 8.29. The molecule has 5 heteroatoms. The highest BCUT2D eigenvalue weighted by Crippen LogP contribution is 2.41. The molecule has 3 aliphatic heterocycles. The highest BCUT2D eigenvalue weighted by atomic mass is 16.6. The average molecular weight is 372 g/mol. The van der Waals surface area contributed by atoms with Gasteiger partial charge in [0.1, 0.15) is 6.10 Å². The van der Waals surface area contributed by atoms with Crippen LogP contribution in [0.4, 0.5) is 0 Å². The first-order valence-electron chi connectivity index (χ1n) is 10.5. The van der Waals surface area contributed by atoms with Crippen molar-refractivity contribution in [1.29, 1.82) is 0 Å². The van der Waals surface area contributed by atoms with Crippen LogP contribution in [0.25, 0.3) is 0 Å². The average Bonchev–Trinajstić information content (AvgIpc) is 2.98. The quantitative estimate of drug-likeness (QED) is 0.805. The Balaban J connectivity index is 1.23. The van der Waals surface area contributed by atoms with Crippen molar-refractivity contribution in [3.8, 4) is 0 Å². The molecular formula is C22H33N3O2. The highest BCUT2D eigenvalue weighted by molar-refractivity contribution is 5.79. The minimum absolute atomic E-state index is 0.0616. The van der Waals surface area contributed by atoms with Gasteiger partial charge in [-0.1, -0.05) is 30.3 Å². The van der Waals surface area contributed by atoms with Crippen LogP contribution in [0, 0.1) is 5.41 Å². The maximum Gasteiger partial charge on any atom is 0.312 e. The molecule has 0 aliphatic carbocycles. The molecule has 27 heavy (non-hydrogen) atoms. The van der Waals surface area contributed by atoms with Crippen molar-refractivity contribution in [3.05, 3.63) is 35.9 Å². The Morgan fingerprint density at radius 3 is 2.59 bits per heavy atom. The number of carbonyl (C=O) groups is 1. The summed E-state index contributed by atoms with van der Waals surface area (Å²) in [5.41, 5.74) is 1.19. The van der Waals surface area contributed by atoms with Crippen LogP contribution in [-0.4, -0.2) is 67.7 Å². The molecule has 148 valence electrons. The predicted molar refractivity (Wildman–Crippen MR) is 106 cm³/mol. The molecule has 1 spiro atoms. The lowest BCUT2D eigenvalue weighted by Gasteiger charge is -2.37. The summed E-state index contributed by atoms with van der Waals surface area (Å²) in [6.07, 6.45) is 5.28. The van der Waals surface area contributed by atoms with Crippen LogP contribution in [-0.2, 0) is 16.1 Å². The molecule has 1 aromatic carbocycles. The van der Waals surface area contributed by atoms with E-state index in [0.717, 1.165) is 58.5 Å². The third kappa shape index (κ3) is 4.36. The second-order valence-electron chi connectivity index (χ2n) is 8.69. The summed E-state index contributed by atoms with van der Waals surface area (Å²) in [6, 6.07) is 11.4. The first-order chi connectivity index (χ1) is 13.1. The van der Waals surface area contributed by atoms with E-state index in [1.807, 2.05) is 0 Å². The van der Waals surface area contributed by atoms with E-state index in [4.69, 9.17) is 4.74 Å². The van der Waals surface area contributed by atoms with Gasteiger partial charge in [-0.05, 0) is 64.5 Å². The number of rotatable bonds is 5. The molecule has 1 unspecified atom stereocenters. The molecule has 0 saturated carbocycles. The van der Waals surface area contributed by atoms with Gasteiger partial charge in [0.05, 0.1) is 5.41 Å². The smallest absolute Gasteiger partial charge is 0.312 e. The van der Waals surface area contributed by atoms with Crippen LogP contribution in [0.15, 0.2) is 30.3 Å². The number of hydrogen-bond acceptors (Lipinski definition) is 5. The number of esters is 1. The van der Waals surface area contributed by atoms with Gasteiger partial charge >= 0.3 is 5.97 Å². The number of nitrogens with one attached hydrogen (secondary N) is 1. The van der Waals surface area contributed by atoms with Gasteiger partial charge in [-0.3, -0.25) is 14.6 Å². The van der Waals surface area contributed by atoms with E-state index < -0.39 is 0 Å². The van der Waals surface area contributed by atoms with Gasteiger partial charge < -0.3 is 10.1 Å².